The van der Waals surface area contributed by atoms with Crippen LogP contribution >= 0.6 is 0 Å². The van der Waals surface area contributed by atoms with Gasteiger partial charge >= 0.3 is 0 Å². The molecule has 38 heavy (non-hydrogen) atoms. The highest BCUT2D eigenvalue weighted by atomic mass is 16.6. The predicted octanol–water partition coefficient (Wildman–Crippen LogP) is 3.64. The summed E-state index contributed by atoms with van der Waals surface area (Å²) in [7, 11) is 1.47. The molecule has 2 amide bonds. The maximum atomic E-state index is 12.8. The van der Waals surface area contributed by atoms with Crippen LogP contribution in [0.4, 0.5) is 5.69 Å². The first-order chi connectivity index (χ1) is 18.5. The van der Waals surface area contributed by atoms with Gasteiger partial charge in [-0.2, -0.15) is 0 Å². The minimum atomic E-state index is -0.545. The molecule has 0 aromatic heterocycles. The molecular formula is C30H32N2O6. The van der Waals surface area contributed by atoms with Gasteiger partial charge in [-0.25, -0.2) is 0 Å². The lowest BCUT2D eigenvalue weighted by molar-refractivity contribution is -0.142. The zero-order chi connectivity index (χ0) is 26.5. The van der Waals surface area contributed by atoms with E-state index in [-0.39, 0.29) is 49.6 Å². The molecule has 0 spiro atoms. The summed E-state index contributed by atoms with van der Waals surface area (Å²) in [6, 6.07) is 23.8. The van der Waals surface area contributed by atoms with E-state index in [0.29, 0.717) is 24.4 Å². The Bertz CT molecular complexity index is 1260. The molecule has 3 N–H and O–H groups in total. The average molecular weight is 517 g/mol. The summed E-state index contributed by atoms with van der Waals surface area (Å²) >= 11 is 0. The highest BCUT2D eigenvalue weighted by Gasteiger charge is 2.46. The topological polar surface area (TPSA) is 106 Å². The molecule has 1 saturated heterocycles. The van der Waals surface area contributed by atoms with E-state index in [1.165, 1.54) is 7.11 Å². The predicted molar refractivity (Wildman–Crippen MR) is 143 cm³/mol. The normalized spacial score (nSPS) is 21.6. The molecule has 4 atom stereocenters. The van der Waals surface area contributed by atoms with Crippen LogP contribution in [0.1, 0.15) is 29.9 Å². The third kappa shape index (κ3) is 5.88. The van der Waals surface area contributed by atoms with Crippen molar-refractivity contribution in [1.29, 1.82) is 0 Å². The zero-order valence-corrected chi connectivity index (χ0v) is 21.3. The molecule has 5 rings (SSSR count). The summed E-state index contributed by atoms with van der Waals surface area (Å²) < 4.78 is 17.1. The molecule has 3 aromatic rings. The van der Waals surface area contributed by atoms with Crippen molar-refractivity contribution >= 4 is 17.5 Å². The van der Waals surface area contributed by atoms with Crippen LogP contribution in [0.3, 0.4) is 0 Å². The molecule has 2 heterocycles. The number of amides is 2. The lowest BCUT2D eigenvalue weighted by Crippen LogP contribution is -2.47. The van der Waals surface area contributed by atoms with Crippen LogP contribution in [0.2, 0.25) is 0 Å². The number of carbonyl (C=O) groups excluding carboxylic acids is 2. The summed E-state index contributed by atoms with van der Waals surface area (Å²) in [4.78, 5) is 24.7. The fraction of sp³-hybridized carbons (Fsp3) is 0.333. The second-order valence-corrected chi connectivity index (χ2v) is 9.68. The number of ether oxygens (including phenoxy) is 3. The molecule has 198 valence electrons. The van der Waals surface area contributed by atoms with Gasteiger partial charge < -0.3 is 30.0 Å². The number of fused-ring (bicyclic) bond motifs is 3. The molecule has 1 fully saturated rings. The third-order valence-electron chi connectivity index (χ3n) is 7.02. The Morgan fingerprint density at radius 1 is 1.00 bits per heavy atom. The SMILES string of the molecule is COCC(=O)Nc1ccc2c(c1)[C@H]1C[C@H](CC(=O)NCc3ccc(-c4ccccc4)cc3)O[C@H](CO)[C@H]1O2. The van der Waals surface area contributed by atoms with Gasteiger partial charge in [0.2, 0.25) is 11.8 Å². The number of benzene rings is 3. The Hall–Kier alpha value is -3.72. The molecule has 2 aliphatic rings. The van der Waals surface area contributed by atoms with Gasteiger partial charge in [-0.3, -0.25) is 9.59 Å². The Morgan fingerprint density at radius 3 is 2.50 bits per heavy atom. The van der Waals surface area contributed by atoms with E-state index in [0.717, 1.165) is 22.3 Å². The fourth-order valence-electron chi connectivity index (χ4n) is 5.22. The summed E-state index contributed by atoms with van der Waals surface area (Å²) in [5.41, 5.74) is 4.88. The van der Waals surface area contributed by atoms with E-state index in [1.54, 1.807) is 6.07 Å². The van der Waals surface area contributed by atoms with Crippen molar-refractivity contribution in [3.8, 4) is 16.9 Å². The van der Waals surface area contributed by atoms with Gasteiger partial charge in [0.15, 0.2) is 0 Å². The highest BCUT2D eigenvalue weighted by Crippen LogP contribution is 2.47. The lowest BCUT2D eigenvalue weighted by atomic mass is 9.84. The quantitative estimate of drug-likeness (QED) is 0.401. The van der Waals surface area contributed by atoms with Crippen molar-refractivity contribution in [3.63, 3.8) is 0 Å². The molecular weight excluding hydrogens is 484 g/mol. The van der Waals surface area contributed by atoms with Crippen molar-refractivity contribution in [2.45, 2.75) is 43.6 Å². The number of rotatable bonds is 9. The second kappa shape index (κ2) is 11.8. The minimum Gasteiger partial charge on any atom is -0.487 e. The molecule has 8 nitrogen and oxygen atoms in total. The van der Waals surface area contributed by atoms with E-state index in [1.807, 2.05) is 42.5 Å². The molecule has 8 heteroatoms. The van der Waals surface area contributed by atoms with Gasteiger partial charge in [-0.15, -0.1) is 0 Å². The number of carbonyl (C=O) groups is 2. The summed E-state index contributed by atoms with van der Waals surface area (Å²) in [5, 5.41) is 15.8. The Labute approximate surface area is 221 Å². The van der Waals surface area contributed by atoms with E-state index < -0.39 is 6.10 Å². The van der Waals surface area contributed by atoms with Gasteiger partial charge in [0.1, 0.15) is 24.6 Å². The van der Waals surface area contributed by atoms with Crippen LogP contribution in [0.25, 0.3) is 11.1 Å². The molecule has 0 aliphatic carbocycles. The number of aliphatic hydroxyl groups excluding tert-OH is 1. The third-order valence-corrected chi connectivity index (χ3v) is 7.02. The van der Waals surface area contributed by atoms with E-state index in [4.69, 9.17) is 14.2 Å². The van der Waals surface area contributed by atoms with Crippen LogP contribution in [-0.2, 0) is 25.6 Å². The highest BCUT2D eigenvalue weighted by molar-refractivity contribution is 5.92. The van der Waals surface area contributed by atoms with Gasteiger partial charge in [0.05, 0.1) is 19.1 Å². The van der Waals surface area contributed by atoms with Gasteiger partial charge in [0, 0.05) is 30.8 Å². The first-order valence-corrected chi connectivity index (χ1v) is 12.8. The molecule has 0 radical (unpaired) electrons. The monoisotopic (exact) mass is 516 g/mol. The van der Waals surface area contributed by atoms with E-state index >= 15 is 0 Å². The average Bonchev–Trinajstić information content (AvgIpc) is 3.30. The molecule has 0 saturated carbocycles. The van der Waals surface area contributed by atoms with E-state index in [9.17, 15) is 14.7 Å². The number of aliphatic hydroxyl groups is 1. The van der Waals surface area contributed by atoms with Crippen LogP contribution in [0, 0.1) is 0 Å². The largest absolute Gasteiger partial charge is 0.487 e. The maximum Gasteiger partial charge on any atom is 0.250 e. The zero-order valence-electron chi connectivity index (χ0n) is 21.3. The van der Waals surface area contributed by atoms with Crippen molar-refractivity contribution in [2.75, 3.05) is 25.6 Å². The molecule has 3 aromatic carbocycles. The van der Waals surface area contributed by atoms with Gasteiger partial charge in [0.25, 0.3) is 0 Å². The smallest absolute Gasteiger partial charge is 0.250 e. The number of hydrogen-bond donors (Lipinski definition) is 3. The van der Waals surface area contributed by atoms with Crippen molar-refractivity contribution < 1.29 is 28.9 Å². The number of hydrogen-bond acceptors (Lipinski definition) is 6. The van der Waals surface area contributed by atoms with Crippen LogP contribution in [0.5, 0.6) is 5.75 Å². The molecule has 2 aliphatic heterocycles. The van der Waals surface area contributed by atoms with Crippen molar-refractivity contribution in [1.82, 2.24) is 5.32 Å². The molecule has 0 bridgehead atoms. The fourth-order valence-corrected chi connectivity index (χ4v) is 5.22. The first-order valence-electron chi connectivity index (χ1n) is 12.8. The minimum absolute atomic E-state index is 0.0333. The van der Waals surface area contributed by atoms with Crippen LogP contribution in [0.15, 0.2) is 72.8 Å². The first kappa shape index (κ1) is 25.9. The summed E-state index contributed by atoms with van der Waals surface area (Å²) in [6.45, 7) is 0.180. The van der Waals surface area contributed by atoms with Crippen molar-refractivity contribution in [3.05, 3.63) is 83.9 Å². The van der Waals surface area contributed by atoms with Gasteiger partial charge in [-0.05, 0) is 41.3 Å². The van der Waals surface area contributed by atoms with Crippen LogP contribution in [-0.4, -0.2) is 55.6 Å². The second-order valence-electron chi connectivity index (χ2n) is 9.68. The Morgan fingerprint density at radius 2 is 1.76 bits per heavy atom. The maximum absolute atomic E-state index is 12.8. The van der Waals surface area contributed by atoms with E-state index in [2.05, 4.69) is 34.9 Å². The summed E-state index contributed by atoms with van der Waals surface area (Å²) in [5.74, 6) is 0.290. The number of nitrogens with one attached hydrogen (secondary N) is 2. The Kier molecular flexibility index (Phi) is 8.03. The number of anilines is 1. The van der Waals surface area contributed by atoms with Gasteiger partial charge in [-0.1, -0.05) is 54.6 Å². The van der Waals surface area contributed by atoms with Crippen molar-refractivity contribution in [2.24, 2.45) is 0 Å². The summed E-state index contributed by atoms with van der Waals surface area (Å²) in [6.07, 6.45) is -0.502. The standard InChI is InChI=1S/C30H32N2O6/c1-36-18-29(35)32-22-11-12-26-24(13-22)25-14-23(37-27(17-33)30(25)38-26)15-28(34)31-16-19-7-9-21(10-8-19)20-5-3-2-4-6-20/h2-13,23,25,27,30,33H,14-18H2,1H3,(H,31,34)(H,32,35)/t23-,25-,27-,30+/m1/s1. The Balaban J connectivity index is 1.19. The lowest BCUT2D eigenvalue weighted by Gasteiger charge is -2.37. The number of methoxy groups -OCH3 is 1. The molecule has 0 unspecified atom stereocenters. The van der Waals surface area contributed by atoms with Crippen LogP contribution < -0.4 is 15.4 Å².